The van der Waals surface area contributed by atoms with Crippen molar-refractivity contribution in [3.05, 3.63) is 66.0 Å². The number of anilines is 1. The molecule has 7 nitrogen and oxygen atoms in total. The Morgan fingerprint density at radius 2 is 1.81 bits per heavy atom. The largest absolute Gasteiger partial charge is 0.328 e. The molecule has 2 aliphatic rings. The SMILES string of the molecule is O=C1CCN(c2cnn3ccc(CC4(F)CCN(Cc5ccccc5)CC4)cc23)C(=O)N1. The number of fused-ring (bicyclic) bond motifs is 1. The van der Waals surface area contributed by atoms with Crippen LogP contribution in [0.1, 0.15) is 30.4 Å². The number of urea groups is 1. The van der Waals surface area contributed by atoms with Crippen molar-refractivity contribution >= 4 is 23.1 Å². The Kier molecular flexibility index (Phi) is 5.38. The van der Waals surface area contributed by atoms with Gasteiger partial charge in [-0.05, 0) is 36.1 Å². The molecule has 2 saturated heterocycles. The molecule has 0 spiro atoms. The first-order valence-electron chi connectivity index (χ1n) is 11.0. The molecule has 0 bridgehead atoms. The van der Waals surface area contributed by atoms with Gasteiger partial charge in [-0.1, -0.05) is 30.3 Å². The number of hydrogen-bond acceptors (Lipinski definition) is 4. The first kappa shape index (κ1) is 20.6. The van der Waals surface area contributed by atoms with Gasteiger partial charge in [-0.3, -0.25) is 19.9 Å². The number of carbonyl (C=O) groups excluding carboxylic acids is 2. The summed E-state index contributed by atoms with van der Waals surface area (Å²) >= 11 is 0. The van der Waals surface area contributed by atoms with Gasteiger partial charge in [0.05, 0.1) is 17.4 Å². The van der Waals surface area contributed by atoms with Crippen molar-refractivity contribution in [1.82, 2.24) is 19.8 Å². The molecule has 2 aliphatic heterocycles. The predicted octanol–water partition coefficient (Wildman–Crippen LogP) is 3.33. The number of carbonyl (C=O) groups is 2. The molecule has 4 heterocycles. The first-order valence-corrected chi connectivity index (χ1v) is 11.0. The number of imide groups is 1. The van der Waals surface area contributed by atoms with Crippen molar-refractivity contribution < 1.29 is 14.0 Å². The summed E-state index contributed by atoms with van der Waals surface area (Å²) in [6.07, 6.45) is 4.98. The van der Waals surface area contributed by atoms with Crippen LogP contribution in [0.15, 0.2) is 54.9 Å². The Labute approximate surface area is 185 Å². The van der Waals surface area contributed by atoms with Crippen LogP contribution in [-0.2, 0) is 17.8 Å². The normalized spacial score (nSPS) is 19.3. The van der Waals surface area contributed by atoms with Gasteiger partial charge in [-0.2, -0.15) is 5.10 Å². The van der Waals surface area contributed by atoms with Gasteiger partial charge in [0.15, 0.2) is 0 Å². The fourth-order valence-corrected chi connectivity index (χ4v) is 4.62. The highest BCUT2D eigenvalue weighted by molar-refractivity contribution is 6.07. The lowest BCUT2D eigenvalue weighted by atomic mass is 9.87. The molecule has 3 aromatic rings. The minimum absolute atomic E-state index is 0.246. The van der Waals surface area contributed by atoms with Crippen LogP contribution in [-0.4, -0.2) is 51.8 Å². The van der Waals surface area contributed by atoms with E-state index in [2.05, 4.69) is 27.4 Å². The highest BCUT2D eigenvalue weighted by Crippen LogP contribution is 2.32. The first-order chi connectivity index (χ1) is 15.5. The van der Waals surface area contributed by atoms with E-state index in [0.717, 1.165) is 30.7 Å². The number of aromatic nitrogens is 2. The standard InChI is InChI=1S/C24H26FN5O2/c25-24(8-12-28(13-9-24)17-18-4-2-1-3-5-18)15-19-6-11-30-20(14-19)21(16-26-30)29-10-7-22(31)27-23(29)32/h1-6,11,14,16H,7-10,12-13,15,17H2,(H,27,31,32). The number of piperidine rings is 1. The second kappa shape index (κ2) is 8.35. The molecule has 2 aromatic heterocycles. The van der Waals surface area contributed by atoms with Crippen molar-refractivity contribution in [1.29, 1.82) is 0 Å². The number of pyridine rings is 1. The summed E-state index contributed by atoms with van der Waals surface area (Å²) in [6, 6.07) is 13.6. The Bertz CT molecular complexity index is 1140. The average molecular weight is 436 g/mol. The van der Waals surface area contributed by atoms with Crippen LogP contribution in [0.2, 0.25) is 0 Å². The van der Waals surface area contributed by atoms with E-state index in [1.54, 1.807) is 16.9 Å². The number of benzene rings is 1. The molecule has 0 unspecified atom stereocenters. The van der Waals surface area contributed by atoms with Gasteiger partial charge in [-0.25, -0.2) is 13.7 Å². The molecular formula is C24H26FN5O2. The number of nitrogens with one attached hydrogen (secondary N) is 1. The van der Waals surface area contributed by atoms with E-state index in [1.165, 1.54) is 10.5 Å². The summed E-state index contributed by atoms with van der Waals surface area (Å²) in [7, 11) is 0. The molecule has 0 atom stereocenters. The number of nitrogens with zero attached hydrogens (tertiary/aromatic N) is 4. The van der Waals surface area contributed by atoms with Crippen molar-refractivity contribution in [2.45, 2.75) is 37.9 Å². The summed E-state index contributed by atoms with van der Waals surface area (Å²) in [6.45, 7) is 2.62. The van der Waals surface area contributed by atoms with E-state index in [0.29, 0.717) is 31.5 Å². The molecule has 2 fully saturated rings. The van der Waals surface area contributed by atoms with Crippen LogP contribution < -0.4 is 10.2 Å². The Hall–Kier alpha value is -3.26. The molecule has 1 aromatic carbocycles. The van der Waals surface area contributed by atoms with Crippen LogP contribution in [0, 0.1) is 0 Å². The van der Waals surface area contributed by atoms with Crippen molar-refractivity contribution in [2.75, 3.05) is 24.5 Å². The smallest absolute Gasteiger partial charge is 0.299 e. The van der Waals surface area contributed by atoms with E-state index in [-0.39, 0.29) is 12.3 Å². The number of amides is 3. The average Bonchev–Trinajstić information content (AvgIpc) is 3.19. The monoisotopic (exact) mass is 435 g/mol. The van der Waals surface area contributed by atoms with Crippen LogP contribution in [0.5, 0.6) is 0 Å². The highest BCUT2D eigenvalue weighted by atomic mass is 19.1. The van der Waals surface area contributed by atoms with E-state index in [1.807, 2.05) is 30.3 Å². The maximum atomic E-state index is 15.7. The van der Waals surface area contributed by atoms with E-state index in [9.17, 15) is 9.59 Å². The summed E-state index contributed by atoms with van der Waals surface area (Å²) < 4.78 is 17.4. The molecule has 166 valence electrons. The van der Waals surface area contributed by atoms with Gasteiger partial charge in [0.25, 0.3) is 0 Å². The molecule has 1 N–H and O–H groups in total. The number of rotatable bonds is 5. The topological polar surface area (TPSA) is 70.0 Å². The maximum Gasteiger partial charge on any atom is 0.328 e. The van der Waals surface area contributed by atoms with Crippen LogP contribution in [0.3, 0.4) is 0 Å². The number of halogens is 1. The second-order valence-electron chi connectivity index (χ2n) is 8.74. The second-order valence-corrected chi connectivity index (χ2v) is 8.74. The Morgan fingerprint density at radius 3 is 2.56 bits per heavy atom. The summed E-state index contributed by atoms with van der Waals surface area (Å²) in [5.74, 6) is -0.276. The third-order valence-corrected chi connectivity index (χ3v) is 6.43. The molecule has 3 amide bonds. The van der Waals surface area contributed by atoms with Crippen LogP contribution >= 0.6 is 0 Å². The lowest BCUT2D eigenvalue weighted by Crippen LogP contribution is -2.49. The molecule has 0 aliphatic carbocycles. The highest BCUT2D eigenvalue weighted by Gasteiger charge is 2.35. The Balaban J connectivity index is 1.28. The maximum absolute atomic E-state index is 15.7. The van der Waals surface area contributed by atoms with Gasteiger partial charge < -0.3 is 0 Å². The molecule has 32 heavy (non-hydrogen) atoms. The molecule has 8 heteroatoms. The van der Waals surface area contributed by atoms with Crippen LogP contribution in [0.4, 0.5) is 14.9 Å². The van der Waals surface area contributed by atoms with Gasteiger partial charge >= 0.3 is 6.03 Å². The summed E-state index contributed by atoms with van der Waals surface area (Å²) in [5.41, 5.74) is 2.24. The predicted molar refractivity (Wildman–Crippen MR) is 119 cm³/mol. The Morgan fingerprint density at radius 1 is 1.03 bits per heavy atom. The summed E-state index contributed by atoms with van der Waals surface area (Å²) in [5, 5.41) is 6.65. The van der Waals surface area contributed by atoms with Gasteiger partial charge in [0.1, 0.15) is 5.67 Å². The summed E-state index contributed by atoms with van der Waals surface area (Å²) in [4.78, 5) is 27.5. The number of hydrogen-bond donors (Lipinski definition) is 1. The van der Waals surface area contributed by atoms with Gasteiger partial charge in [-0.15, -0.1) is 0 Å². The fraction of sp³-hybridized carbons (Fsp3) is 0.375. The molecular weight excluding hydrogens is 409 g/mol. The van der Waals surface area contributed by atoms with Gasteiger partial charge in [0, 0.05) is 45.2 Å². The molecule has 5 rings (SSSR count). The lowest BCUT2D eigenvalue weighted by molar-refractivity contribution is -0.120. The third kappa shape index (κ3) is 4.23. The number of alkyl halides is 1. The van der Waals surface area contributed by atoms with E-state index < -0.39 is 11.7 Å². The number of likely N-dealkylation sites (tertiary alicyclic amines) is 1. The fourth-order valence-electron chi connectivity index (χ4n) is 4.62. The van der Waals surface area contributed by atoms with Crippen molar-refractivity contribution in [2.24, 2.45) is 0 Å². The van der Waals surface area contributed by atoms with Crippen LogP contribution in [0.25, 0.3) is 5.52 Å². The molecule has 0 radical (unpaired) electrons. The zero-order chi connectivity index (χ0) is 22.1. The van der Waals surface area contributed by atoms with Crippen molar-refractivity contribution in [3.63, 3.8) is 0 Å². The lowest BCUT2D eigenvalue weighted by Gasteiger charge is -2.36. The quantitative estimate of drug-likeness (QED) is 0.668. The van der Waals surface area contributed by atoms with Gasteiger partial charge in [0.2, 0.25) is 5.91 Å². The molecule has 0 saturated carbocycles. The van der Waals surface area contributed by atoms with E-state index >= 15 is 4.39 Å². The third-order valence-electron chi connectivity index (χ3n) is 6.43. The minimum atomic E-state index is -1.25. The minimum Gasteiger partial charge on any atom is -0.299 e. The van der Waals surface area contributed by atoms with E-state index in [4.69, 9.17) is 0 Å². The zero-order valence-electron chi connectivity index (χ0n) is 17.8. The zero-order valence-corrected chi connectivity index (χ0v) is 17.8. The van der Waals surface area contributed by atoms with Crippen molar-refractivity contribution in [3.8, 4) is 0 Å².